The van der Waals surface area contributed by atoms with E-state index in [4.69, 9.17) is 0 Å². The second-order valence-electron chi connectivity index (χ2n) is 9.56. The molecule has 198 valence electrons. The largest absolute Gasteiger partial charge is 0.512 e. The van der Waals surface area contributed by atoms with Crippen molar-refractivity contribution in [2.24, 2.45) is 10.8 Å². The average molecular weight is 507 g/mol. The summed E-state index contributed by atoms with van der Waals surface area (Å²) in [5.41, 5.74) is -4.43. The molecule has 1 atom stereocenters. The van der Waals surface area contributed by atoms with Gasteiger partial charge >= 0.3 is 12.4 Å². The maximum Gasteiger partial charge on any atom is 0.416 e. The molecule has 0 aromatic heterocycles. The standard InChI is InChI=1S/C27H36F6O2/c1-9-20(16(5)34)21(10-2)23(35)22(25(8,12-4)24(6,7)11-3)17-13-18(26(28,29)30)15-19(14-17)27(31,32)33/h10,13-15,34-35H,9,11-12H2,1-8H3/b20-16+,21-10+,23-22-. The van der Waals surface area contributed by atoms with Gasteiger partial charge in [-0.3, -0.25) is 0 Å². The number of allylic oxidation sites excluding steroid dienone is 4. The highest BCUT2D eigenvalue weighted by Gasteiger charge is 2.45. The molecular formula is C27H36F6O2. The summed E-state index contributed by atoms with van der Waals surface area (Å²) in [5, 5.41) is 21.8. The molecule has 0 amide bonds. The minimum absolute atomic E-state index is 0.0243. The first-order valence-corrected chi connectivity index (χ1v) is 11.6. The number of halogens is 6. The quantitative estimate of drug-likeness (QED) is 0.209. The molecule has 0 fully saturated rings. The lowest BCUT2D eigenvalue weighted by Crippen LogP contribution is -2.36. The minimum atomic E-state index is -5.03. The third-order valence-electron chi connectivity index (χ3n) is 7.41. The minimum Gasteiger partial charge on any atom is -0.512 e. The highest BCUT2D eigenvalue weighted by molar-refractivity contribution is 5.78. The SMILES string of the molecule is C/C=C(C(/O)=C(\c1cc(C(F)(F)F)cc(C(F)(F)F)c1)C(C)(CC)C(C)(C)CC)\C(CC)=C(/C)O. The molecule has 1 rings (SSSR count). The zero-order chi connectivity index (χ0) is 27.6. The van der Waals surface area contributed by atoms with Gasteiger partial charge in [-0.25, -0.2) is 0 Å². The van der Waals surface area contributed by atoms with Crippen molar-refractivity contribution < 1.29 is 36.6 Å². The van der Waals surface area contributed by atoms with Crippen LogP contribution in [0.1, 0.15) is 91.3 Å². The maximum atomic E-state index is 13.7. The fourth-order valence-corrected chi connectivity index (χ4v) is 4.43. The van der Waals surface area contributed by atoms with Gasteiger partial charge in [0, 0.05) is 16.6 Å². The summed E-state index contributed by atoms with van der Waals surface area (Å²) in [6.07, 6.45) is -7.40. The van der Waals surface area contributed by atoms with Crippen LogP contribution in [-0.4, -0.2) is 10.2 Å². The van der Waals surface area contributed by atoms with Crippen LogP contribution in [0.15, 0.2) is 46.9 Å². The van der Waals surface area contributed by atoms with Gasteiger partial charge in [0.05, 0.1) is 16.9 Å². The fraction of sp³-hybridized carbons (Fsp3) is 0.556. The lowest BCUT2D eigenvalue weighted by molar-refractivity contribution is -0.143. The van der Waals surface area contributed by atoms with E-state index in [9.17, 15) is 36.6 Å². The van der Waals surface area contributed by atoms with Crippen LogP contribution in [0.25, 0.3) is 5.57 Å². The summed E-state index contributed by atoms with van der Waals surface area (Å²) in [7, 11) is 0. The third kappa shape index (κ3) is 6.25. The second kappa shape index (κ2) is 10.7. The number of rotatable bonds is 8. The van der Waals surface area contributed by atoms with Gasteiger partial charge in [-0.15, -0.1) is 0 Å². The molecule has 0 aliphatic heterocycles. The van der Waals surface area contributed by atoms with E-state index >= 15 is 0 Å². The van der Waals surface area contributed by atoms with Crippen molar-refractivity contribution in [2.75, 3.05) is 0 Å². The molecule has 1 aromatic rings. The average Bonchev–Trinajstić information content (AvgIpc) is 2.75. The molecule has 8 heteroatoms. The van der Waals surface area contributed by atoms with E-state index in [1.54, 1.807) is 27.7 Å². The fourth-order valence-electron chi connectivity index (χ4n) is 4.43. The predicted molar refractivity (Wildman–Crippen MR) is 128 cm³/mol. The number of benzene rings is 1. The Kier molecular flexibility index (Phi) is 9.38. The van der Waals surface area contributed by atoms with Crippen LogP contribution in [-0.2, 0) is 12.4 Å². The van der Waals surface area contributed by atoms with Crippen LogP contribution in [0.5, 0.6) is 0 Å². The predicted octanol–water partition coefficient (Wildman–Crippen LogP) is 10.0. The van der Waals surface area contributed by atoms with Crippen LogP contribution in [0.4, 0.5) is 26.3 Å². The maximum absolute atomic E-state index is 13.7. The number of hydrogen-bond donors (Lipinski definition) is 2. The first-order valence-electron chi connectivity index (χ1n) is 11.6. The van der Waals surface area contributed by atoms with Gasteiger partial charge in [-0.05, 0) is 61.4 Å². The van der Waals surface area contributed by atoms with Gasteiger partial charge in [0.15, 0.2) is 0 Å². The molecule has 2 N–H and O–H groups in total. The van der Waals surface area contributed by atoms with Crippen molar-refractivity contribution >= 4 is 5.57 Å². The molecule has 0 aliphatic carbocycles. The summed E-state index contributed by atoms with van der Waals surface area (Å²) < 4.78 is 82.2. The normalized spacial score (nSPS) is 17.0. The van der Waals surface area contributed by atoms with Crippen molar-refractivity contribution in [3.63, 3.8) is 0 Å². The zero-order valence-corrected chi connectivity index (χ0v) is 21.6. The van der Waals surface area contributed by atoms with E-state index in [2.05, 4.69) is 0 Å². The van der Waals surface area contributed by atoms with Crippen molar-refractivity contribution in [1.29, 1.82) is 0 Å². The molecule has 0 saturated heterocycles. The van der Waals surface area contributed by atoms with E-state index in [1.807, 2.05) is 20.8 Å². The van der Waals surface area contributed by atoms with Crippen molar-refractivity contribution in [2.45, 2.75) is 87.0 Å². The molecular weight excluding hydrogens is 470 g/mol. The van der Waals surface area contributed by atoms with Crippen LogP contribution >= 0.6 is 0 Å². The lowest BCUT2D eigenvalue weighted by Gasteiger charge is -2.46. The summed E-state index contributed by atoms with van der Waals surface area (Å²) in [4.78, 5) is 0. The topological polar surface area (TPSA) is 40.5 Å². The number of aliphatic hydroxyl groups is 2. The van der Waals surface area contributed by atoms with Crippen LogP contribution < -0.4 is 0 Å². The molecule has 0 bridgehead atoms. The van der Waals surface area contributed by atoms with Gasteiger partial charge in [0.2, 0.25) is 0 Å². The smallest absolute Gasteiger partial charge is 0.416 e. The first-order chi connectivity index (χ1) is 15.8. The first kappa shape index (κ1) is 30.7. The highest BCUT2D eigenvalue weighted by Crippen LogP contribution is 2.55. The van der Waals surface area contributed by atoms with E-state index < -0.39 is 40.1 Å². The second-order valence-corrected chi connectivity index (χ2v) is 9.56. The Labute approximate surface area is 204 Å². The molecule has 0 spiro atoms. The van der Waals surface area contributed by atoms with Crippen LogP contribution in [0.2, 0.25) is 0 Å². The van der Waals surface area contributed by atoms with Crippen molar-refractivity contribution in [1.82, 2.24) is 0 Å². The molecule has 0 saturated carbocycles. The van der Waals surface area contributed by atoms with Gasteiger partial charge in [-0.2, -0.15) is 26.3 Å². The summed E-state index contributed by atoms with van der Waals surface area (Å²) in [6, 6.07) is 1.40. The zero-order valence-electron chi connectivity index (χ0n) is 21.6. The van der Waals surface area contributed by atoms with Crippen LogP contribution in [0, 0.1) is 10.8 Å². The Bertz CT molecular complexity index is 973. The van der Waals surface area contributed by atoms with E-state index in [1.165, 1.54) is 13.0 Å². The molecule has 0 aliphatic rings. The number of hydrogen-bond acceptors (Lipinski definition) is 2. The number of aliphatic hydroxyl groups excluding tert-OH is 2. The van der Waals surface area contributed by atoms with E-state index in [0.717, 1.165) is 0 Å². The van der Waals surface area contributed by atoms with E-state index in [0.29, 0.717) is 30.5 Å². The lowest BCUT2D eigenvalue weighted by atomic mass is 9.58. The third-order valence-corrected chi connectivity index (χ3v) is 7.41. The van der Waals surface area contributed by atoms with Gasteiger partial charge in [0.25, 0.3) is 0 Å². The van der Waals surface area contributed by atoms with Crippen molar-refractivity contribution in [3.8, 4) is 0 Å². The molecule has 0 heterocycles. The molecule has 2 nitrogen and oxygen atoms in total. The van der Waals surface area contributed by atoms with E-state index in [-0.39, 0.29) is 35.0 Å². The monoisotopic (exact) mass is 506 g/mol. The van der Waals surface area contributed by atoms with Gasteiger partial charge < -0.3 is 10.2 Å². The Morgan fingerprint density at radius 2 is 1.29 bits per heavy atom. The molecule has 0 radical (unpaired) electrons. The Morgan fingerprint density at radius 1 is 0.829 bits per heavy atom. The highest BCUT2D eigenvalue weighted by atomic mass is 19.4. The molecule has 1 unspecified atom stereocenters. The van der Waals surface area contributed by atoms with Gasteiger partial charge in [-0.1, -0.05) is 54.0 Å². The molecule has 1 aromatic carbocycles. The Hall–Kier alpha value is -2.38. The summed E-state index contributed by atoms with van der Waals surface area (Å²) in [6.45, 7) is 13.9. The summed E-state index contributed by atoms with van der Waals surface area (Å²) in [5.74, 6) is -0.546. The molecule has 35 heavy (non-hydrogen) atoms. The summed E-state index contributed by atoms with van der Waals surface area (Å²) >= 11 is 0. The van der Waals surface area contributed by atoms with Gasteiger partial charge in [0.1, 0.15) is 5.76 Å². The van der Waals surface area contributed by atoms with Crippen LogP contribution in [0.3, 0.4) is 0 Å². The van der Waals surface area contributed by atoms with Crippen molar-refractivity contribution in [3.05, 3.63) is 63.6 Å². The number of alkyl halides is 6. The Balaban J connectivity index is 4.39. The Morgan fingerprint density at radius 3 is 1.57 bits per heavy atom.